The highest BCUT2D eigenvalue weighted by atomic mass is 16.6. The van der Waals surface area contributed by atoms with Gasteiger partial charge in [0.2, 0.25) is 0 Å². The van der Waals surface area contributed by atoms with E-state index in [0.717, 1.165) is 25.2 Å². The summed E-state index contributed by atoms with van der Waals surface area (Å²) in [5.74, 6) is 0.431. The fourth-order valence-electron chi connectivity index (χ4n) is 3.63. The Morgan fingerprint density at radius 1 is 0.964 bits per heavy atom. The van der Waals surface area contributed by atoms with Gasteiger partial charge in [-0.2, -0.15) is 0 Å². The van der Waals surface area contributed by atoms with Gasteiger partial charge in [0.05, 0.1) is 13.2 Å². The molecule has 1 fully saturated rings. The minimum absolute atomic E-state index is 0.0160. The van der Waals surface area contributed by atoms with E-state index in [1.807, 2.05) is 0 Å². The van der Waals surface area contributed by atoms with Crippen LogP contribution in [0.3, 0.4) is 0 Å². The Kier molecular flexibility index (Phi) is 13.8. The SMILES string of the molecule is CC(C)CCCCCCCCCCCCC(=O)O[C@H](CO)C1OC[C@H](O)[C@H]1O. The van der Waals surface area contributed by atoms with Crippen LogP contribution >= 0.6 is 0 Å². The molecular formula is C22H42O6. The standard InChI is InChI=1S/C22H42O6/c1-17(2)13-11-9-7-5-3-4-6-8-10-12-14-20(25)28-19(15-23)22-21(26)18(24)16-27-22/h17-19,21-24,26H,3-16H2,1-2H3/t18-,19+,21+,22?/m0/s1. The van der Waals surface area contributed by atoms with Gasteiger partial charge in [0.15, 0.2) is 6.10 Å². The number of rotatable bonds is 16. The number of aliphatic hydroxyl groups is 3. The number of ether oxygens (including phenoxy) is 2. The summed E-state index contributed by atoms with van der Waals surface area (Å²) in [6.07, 6.45) is 9.77. The van der Waals surface area contributed by atoms with Gasteiger partial charge in [0, 0.05) is 6.42 Å². The smallest absolute Gasteiger partial charge is 0.306 e. The molecule has 6 heteroatoms. The number of esters is 1. The van der Waals surface area contributed by atoms with Gasteiger partial charge in [-0.05, 0) is 12.3 Å². The molecule has 1 aliphatic heterocycles. The number of aliphatic hydroxyl groups excluding tert-OH is 3. The molecule has 1 unspecified atom stereocenters. The predicted molar refractivity (Wildman–Crippen MR) is 109 cm³/mol. The fourth-order valence-corrected chi connectivity index (χ4v) is 3.63. The second-order valence-corrected chi connectivity index (χ2v) is 8.53. The zero-order valence-corrected chi connectivity index (χ0v) is 17.9. The number of carbonyl (C=O) groups excluding carboxylic acids is 1. The van der Waals surface area contributed by atoms with Gasteiger partial charge in [0.1, 0.15) is 18.3 Å². The third-order valence-corrected chi connectivity index (χ3v) is 5.43. The van der Waals surface area contributed by atoms with E-state index in [4.69, 9.17) is 9.47 Å². The lowest BCUT2D eigenvalue weighted by molar-refractivity contribution is -0.162. The first-order chi connectivity index (χ1) is 13.5. The van der Waals surface area contributed by atoms with Gasteiger partial charge in [-0.3, -0.25) is 4.79 Å². The number of hydrogen-bond donors (Lipinski definition) is 3. The number of hydrogen-bond acceptors (Lipinski definition) is 6. The van der Waals surface area contributed by atoms with Gasteiger partial charge in [-0.1, -0.05) is 78.1 Å². The topological polar surface area (TPSA) is 96.2 Å². The molecule has 1 aliphatic rings. The van der Waals surface area contributed by atoms with Crippen molar-refractivity contribution >= 4 is 5.97 Å². The van der Waals surface area contributed by atoms with Crippen LogP contribution in [0, 0.1) is 5.92 Å². The Morgan fingerprint density at radius 3 is 1.96 bits per heavy atom. The van der Waals surface area contributed by atoms with E-state index < -0.39 is 37.0 Å². The highest BCUT2D eigenvalue weighted by Gasteiger charge is 2.41. The Hall–Kier alpha value is -0.690. The normalized spacial score (nSPS) is 23.3. The van der Waals surface area contributed by atoms with Crippen LogP contribution in [0.5, 0.6) is 0 Å². The lowest BCUT2D eigenvalue weighted by Crippen LogP contribution is -2.43. The highest BCUT2D eigenvalue weighted by Crippen LogP contribution is 2.20. The van der Waals surface area contributed by atoms with E-state index in [-0.39, 0.29) is 6.61 Å². The van der Waals surface area contributed by atoms with E-state index in [1.165, 1.54) is 51.4 Å². The van der Waals surface area contributed by atoms with Crippen molar-refractivity contribution in [2.45, 2.75) is 115 Å². The highest BCUT2D eigenvalue weighted by molar-refractivity contribution is 5.69. The van der Waals surface area contributed by atoms with Crippen LogP contribution in [-0.4, -0.2) is 58.9 Å². The molecular weight excluding hydrogens is 360 g/mol. The Morgan fingerprint density at radius 2 is 1.50 bits per heavy atom. The second-order valence-electron chi connectivity index (χ2n) is 8.53. The van der Waals surface area contributed by atoms with E-state index in [1.54, 1.807) is 0 Å². The maximum atomic E-state index is 11.9. The van der Waals surface area contributed by atoms with Crippen molar-refractivity contribution in [3.05, 3.63) is 0 Å². The lowest BCUT2D eigenvalue weighted by atomic mass is 10.0. The third kappa shape index (κ3) is 10.7. The van der Waals surface area contributed by atoms with Crippen molar-refractivity contribution in [3.63, 3.8) is 0 Å². The molecule has 1 rings (SSSR count). The molecule has 0 aromatic carbocycles. The lowest BCUT2D eigenvalue weighted by Gasteiger charge is -2.24. The molecule has 1 saturated heterocycles. The van der Waals surface area contributed by atoms with Gasteiger partial charge < -0.3 is 24.8 Å². The quantitative estimate of drug-likeness (QED) is 0.271. The molecule has 0 radical (unpaired) electrons. The molecule has 4 atom stereocenters. The first-order valence-electron chi connectivity index (χ1n) is 11.2. The molecule has 166 valence electrons. The first kappa shape index (κ1) is 25.3. The maximum Gasteiger partial charge on any atom is 0.306 e. The number of carbonyl (C=O) groups is 1. The van der Waals surface area contributed by atoms with Crippen LogP contribution in [0.25, 0.3) is 0 Å². The van der Waals surface area contributed by atoms with Crippen LogP contribution in [0.1, 0.15) is 90.9 Å². The Bertz CT molecular complexity index is 400. The van der Waals surface area contributed by atoms with E-state index in [0.29, 0.717) is 6.42 Å². The molecule has 0 aromatic heterocycles. The summed E-state index contributed by atoms with van der Waals surface area (Å²) in [6.45, 7) is 4.12. The zero-order chi connectivity index (χ0) is 20.8. The molecule has 28 heavy (non-hydrogen) atoms. The predicted octanol–water partition coefficient (Wildman–Crippen LogP) is 3.35. The summed E-state index contributed by atoms with van der Waals surface area (Å²) in [5, 5.41) is 28.7. The van der Waals surface area contributed by atoms with E-state index >= 15 is 0 Å². The fraction of sp³-hybridized carbons (Fsp3) is 0.955. The van der Waals surface area contributed by atoms with Crippen LogP contribution in [0.2, 0.25) is 0 Å². The van der Waals surface area contributed by atoms with Crippen molar-refractivity contribution < 1.29 is 29.6 Å². The zero-order valence-electron chi connectivity index (χ0n) is 17.9. The van der Waals surface area contributed by atoms with Gasteiger partial charge >= 0.3 is 5.97 Å². The van der Waals surface area contributed by atoms with E-state index in [9.17, 15) is 20.1 Å². The van der Waals surface area contributed by atoms with Crippen LogP contribution in [0.4, 0.5) is 0 Å². The van der Waals surface area contributed by atoms with Crippen molar-refractivity contribution in [2.75, 3.05) is 13.2 Å². The average molecular weight is 403 g/mol. The molecule has 6 nitrogen and oxygen atoms in total. The monoisotopic (exact) mass is 402 g/mol. The van der Waals surface area contributed by atoms with Crippen molar-refractivity contribution in [1.29, 1.82) is 0 Å². The van der Waals surface area contributed by atoms with Crippen LogP contribution < -0.4 is 0 Å². The minimum atomic E-state index is -1.14. The molecule has 0 aromatic rings. The average Bonchev–Trinajstić information content (AvgIpc) is 2.99. The maximum absolute atomic E-state index is 11.9. The summed E-state index contributed by atoms with van der Waals surface area (Å²) < 4.78 is 10.4. The first-order valence-corrected chi connectivity index (χ1v) is 11.2. The molecule has 0 bridgehead atoms. The summed E-state index contributed by atoms with van der Waals surface area (Å²) in [6, 6.07) is 0. The van der Waals surface area contributed by atoms with Crippen molar-refractivity contribution in [3.8, 4) is 0 Å². The Labute approximate surface area is 170 Å². The van der Waals surface area contributed by atoms with Gasteiger partial charge in [0.25, 0.3) is 0 Å². The second kappa shape index (κ2) is 15.2. The molecule has 0 saturated carbocycles. The molecule has 0 aliphatic carbocycles. The van der Waals surface area contributed by atoms with E-state index in [2.05, 4.69) is 13.8 Å². The summed E-state index contributed by atoms with van der Waals surface area (Å²) in [5.41, 5.74) is 0. The van der Waals surface area contributed by atoms with Crippen molar-refractivity contribution in [1.82, 2.24) is 0 Å². The summed E-state index contributed by atoms with van der Waals surface area (Å²) >= 11 is 0. The molecule has 0 amide bonds. The van der Waals surface area contributed by atoms with Crippen molar-refractivity contribution in [2.24, 2.45) is 5.92 Å². The third-order valence-electron chi connectivity index (χ3n) is 5.43. The molecule has 1 heterocycles. The Balaban J connectivity index is 1.96. The number of unbranched alkanes of at least 4 members (excludes halogenated alkanes) is 9. The van der Waals surface area contributed by atoms with Crippen LogP contribution in [0.15, 0.2) is 0 Å². The summed E-state index contributed by atoms with van der Waals surface area (Å²) in [7, 11) is 0. The minimum Gasteiger partial charge on any atom is -0.457 e. The van der Waals surface area contributed by atoms with Gasteiger partial charge in [-0.15, -0.1) is 0 Å². The molecule has 0 spiro atoms. The van der Waals surface area contributed by atoms with Gasteiger partial charge in [-0.25, -0.2) is 0 Å². The largest absolute Gasteiger partial charge is 0.457 e. The molecule has 3 N–H and O–H groups in total. The summed E-state index contributed by atoms with van der Waals surface area (Å²) in [4.78, 5) is 11.9. The van der Waals surface area contributed by atoms with Crippen LogP contribution in [-0.2, 0) is 14.3 Å².